The molecule has 5 heteroatoms. The van der Waals surface area contributed by atoms with Crippen LogP contribution >= 0.6 is 11.3 Å². The first-order valence-electron chi connectivity index (χ1n) is 5.95. The van der Waals surface area contributed by atoms with Crippen LogP contribution in [0.15, 0.2) is 18.2 Å². The molecule has 1 aliphatic rings. The SMILES string of the molecule is CCc1c(-c2ccc3c(c2)OCO3)sc(C#N)c1N. The molecule has 0 saturated carbocycles. The van der Waals surface area contributed by atoms with E-state index in [0.717, 1.165) is 33.9 Å². The Morgan fingerprint density at radius 2 is 2.16 bits per heavy atom. The predicted octanol–water partition coefficient (Wildman–Crippen LogP) is 3.16. The largest absolute Gasteiger partial charge is 0.454 e. The Hall–Kier alpha value is -2.19. The second-order valence-corrected chi connectivity index (χ2v) is 5.21. The molecule has 2 aromatic rings. The summed E-state index contributed by atoms with van der Waals surface area (Å²) in [5.74, 6) is 1.50. The van der Waals surface area contributed by atoms with E-state index in [-0.39, 0.29) is 6.79 Å². The summed E-state index contributed by atoms with van der Waals surface area (Å²) in [7, 11) is 0. The van der Waals surface area contributed by atoms with Crippen molar-refractivity contribution in [2.24, 2.45) is 0 Å². The summed E-state index contributed by atoms with van der Waals surface area (Å²) in [6, 6.07) is 7.95. The number of rotatable bonds is 2. The van der Waals surface area contributed by atoms with Gasteiger partial charge in [-0.1, -0.05) is 6.92 Å². The Balaban J connectivity index is 2.14. The third-order valence-electron chi connectivity index (χ3n) is 3.14. The van der Waals surface area contributed by atoms with Crippen molar-refractivity contribution in [3.8, 4) is 28.0 Å². The van der Waals surface area contributed by atoms with E-state index in [1.54, 1.807) is 0 Å². The van der Waals surface area contributed by atoms with Gasteiger partial charge in [-0.3, -0.25) is 0 Å². The maximum Gasteiger partial charge on any atom is 0.231 e. The van der Waals surface area contributed by atoms with Gasteiger partial charge in [0.1, 0.15) is 10.9 Å². The van der Waals surface area contributed by atoms with E-state index in [2.05, 4.69) is 6.07 Å². The summed E-state index contributed by atoms with van der Waals surface area (Å²) in [5.41, 5.74) is 8.65. The van der Waals surface area contributed by atoms with Gasteiger partial charge in [0.25, 0.3) is 0 Å². The lowest BCUT2D eigenvalue weighted by Crippen LogP contribution is -1.93. The van der Waals surface area contributed by atoms with Gasteiger partial charge in [0, 0.05) is 4.88 Å². The second-order valence-electron chi connectivity index (χ2n) is 4.19. The Labute approximate surface area is 115 Å². The second kappa shape index (κ2) is 4.48. The molecule has 0 fully saturated rings. The highest BCUT2D eigenvalue weighted by Gasteiger charge is 2.19. The number of anilines is 1. The van der Waals surface area contributed by atoms with Crippen LogP contribution in [0.4, 0.5) is 5.69 Å². The zero-order valence-electron chi connectivity index (χ0n) is 10.4. The molecule has 0 unspecified atom stereocenters. The Morgan fingerprint density at radius 3 is 2.89 bits per heavy atom. The number of nitrogen functional groups attached to an aromatic ring is 1. The monoisotopic (exact) mass is 272 g/mol. The fraction of sp³-hybridized carbons (Fsp3) is 0.214. The number of benzene rings is 1. The normalized spacial score (nSPS) is 12.4. The number of nitrogens with two attached hydrogens (primary N) is 1. The van der Waals surface area contributed by atoms with Crippen LogP contribution in [0.2, 0.25) is 0 Å². The summed E-state index contributed by atoms with van der Waals surface area (Å²) in [4.78, 5) is 1.61. The van der Waals surface area contributed by atoms with Crippen LogP contribution < -0.4 is 15.2 Å². The number of thiophene rings is 1. The zero-order valence-corrected chi connectivity index (χ0v) is 11.2. The van der Waals surface area contributed by atoms with Gasteiger partial charge in [-0.15, -0.1) is 11.3 Å². The lowest BCUT2D eigenvalue weighted by atomic mass is 10.1. The van der Waals surface area contributed by atoms with Crippen LogP contribution in [0.25, 0.3) is 10.4 Å². The van der Waals surface area contributed by atoms with Gasteiger partial charge in [-0.05, 0) is 35.7 Å². The minimum absolute atomic E-state index is 0.259. The molecule has 1 aromatic carbocycles. The fourth-order valence-electron chi connectivity index (χ4n) is 2.18. The van der Waals surface area contributed by atoms with E-state index in [9.17, 15) is 0 Å². The smallest absolute Gasteiger partial charge is 0.231 e. The summed E-state index contributed by atoms with van der Waals surface area (Å²) >= 11 is 1.43. The first-order chi connectivity index (χ1) is 9.24. The minimum atomic E-state index is 0.259. The highest BCUT2D eigenvalue weighted by Crippen LogP contribution is 2.42. The molecule has 1 aliphatic heterocycles. The molecule has 0 radical (unpaired) electrons. The van der Waals surface area contributed by atoms with Gasteiger partial charge >= 0.3 is 0 Å². The van der Waals surface area contributed by atoms with Crippen molar-refractivity contribution in [1.29, 1.82) is 5.26 Å². The van der Waals surface area contributed by atoms with E-state index in [1.165, 1.54) is 11.3 Å². The van der Waals surface area contributed by atoms with Gasteiger partial charge in [-0.25, -0.2) is 0 Å². The number of fused-ring (bicyclic) bond motifs is 1. The predicted molar refractivity (Wildman–Crippen MR) is 74.4 cm³/mol. The molecule has 4 nitrogen and oxygen atoms in total. The molecular formula is C14H12N2O2S. The van der Waals surface area contributed by atoms with Crippen molar-refractivity contribution in [2.45, 2.75) is 13.3 Å². The quantitative estimate of drug-likeness (QED) is 0.911. The van der Waals surface area contributed by atoms with Crippen molar-refractivity contribution < 1.29 is 9.47 Å². The summed E-state index contributed by atoms with van der Waals surface area (Å²) in [5, 5.41) is 9.09. The Kier molecular flexibility index (Phi) is 2.80. The van der Waals surface area contributed by atoms with E-state index >= 15 is 0 Å². The molecule has 3 rings (SSSR count). The Morgan fingerprint density at radius 1 is 1.37 bits per heavy atom. The Bertz CT molecular complexity index is 685. The first-order valence-corrected chi connectivity index (χ1v) is 6.77. The number of nitriles is 1. The summed E-state index contributed by atoms with van der Waals surface area (Å²) in [6.45, 7) is 2.30. The van der Waals surface area contributed by atoms with Crippen molar-refractivity contribution in [1.82, 2.24) is 0 Å². The van der Waals surface area contributed by atoms with Crippen molar-refractivity contribution in [3.63, 3.8) is 0 Å². The molecule has 0 spiro atoms. The molecule has 19 heavy (non-hydrogen) atoms. The molecule has 1 aromatic heterocycles. The summed E-state index contributed by atoms with van der Waals surface area (Å²) < 4.78 is 10.7. The highest BCUT2D eigenvalue weighted by molar-refractivity contribution is 7.16. The third-order valence-corrected chi connectivity index (χ3v) is 4.34. The average molecular weight is 272 g/mol. The zero-order chi connectivity index (χ0) is 13.4. The summed E-state index contributed by atoms with van der Waals surface area (Å²) in [6.07, 6.45) is 0.799. The van der Waals surface area contributed by atoms with Gasteiger partial charge in [-0.2, -0.15) is 5.26 Å². The van der Waals surface area contributed by atoms with Crippen LogP contribution in [-0.2, 0) is 6.42 Å². The molecule has 0 bridgehead atoms. The number of hydrogen-bond donors (Lipinski definition) is 1. The van der Waals surface area contributed by atoms with Crippen molar-refractivity contribution in [2.75, 3.05) is 12.5 Å². The highest BCUT2D eigenvalue weighted by atomic mass is 32.1. The maximum atomic E-state index is 9.09. The first kappa shape index (κ1) is 11.9. The number of ether oxygens (including phenoxy) is 2. The van der Waals surface area contributed by atoms with Crippen molar-refractivity contribution in [3.05, 3.63) is 28.6 Å². The number of nitrogens with zero attached hydrogens (tertiary/aromatic N) is 1. The molecule has 0 aliphatic carbocycles. The molecule has 96 valence electrons. The minimum Gasteiger partial charge on any atom is -0.454 e. The average Bonchev–Trinajstić information content (AvgIpc) is 3.01. The van der Waals surface area contributed by atoms with E-state index < -0.39 is 0 Å². The molecule has 0 saturated heterocycles. The fourth-order valence-corrected chi connectivity index (χ4v) is 3.29. The van der Waals surface area contributed by atoms with Crippen LogP contribution in [0.1, 0.15) is 17.4 Å². The molecular weight excluding hydrogens is 260 g/mol. The van der Waals surface area contributed by atoms with E-state index in [0.29, 0.717) is 10.6 Å². The van der Waals surface area contributed by atoms with E-state index in [1.807, 2.05) is 25.1 Å². The molecule has 2 N–H and O–H groups in total. The van der Waals surface area contributed by atoms with Crippen LogP contribution in [0.5, 0.6) is 11.5 Å². The van der Waals surface area contributed by atoms with E-state index in [4.69, 9.17) is 20.5 Å². The molecule has 2 heterocycles. The van der Waals surface area contributed by atoms with Crippen LogP contribution in [-0.4, -0.2) is 6.79 Å². The van der Waals surface area contributed by atoms with Crippen molar-refractivity contribution >= 4 is 17.0 Å². The van der Waals surface area contributed by atoms with Gasteiger partial charge in [0.05, 0.1) is 5.69 Å². The van der Waals surface area contributed by atoms with Gasteiger partial charge in [0.2, 0.25) is 6.79 Å². The topological polar surface area (TPSA) is 68.3 Å². The molecule has 0 amide bonds. The third kappa shape index (κ3) is 1.81. The lowest BCUT2D eigenvalue weighted by molar-refractivity contribution is 0.174. The van der Waals surface area contributed by atoms with Crippen LogP contribution in [0.3, 0.4) is 0 Å². The van der Waals surface area contributed by atoms with Gasteiger partial charge in [0.15, 0.2) is 11.5 Å². The van der Waals surface area contributed by atoms with Crippen LogP contribution in [0, 0.1) is 11.3 Å². The number of hydrogen-bond acceptors (Lipinski definition) is 5. The van der Waals surface area contributed by atoms with Gasteiger partial charge < -0.3 is 15.2 Å². The molecule has 0 atom stereocenters. The standard InChI is InChI=1S/C14H12N2O2S/c1-2-9-13(16)12(6-15)19-14(9)8-3-4-10-11(5-8)18-7-17-10/h3-5H,2,7,16H2,1H3. The maximum absolute atomic E-state index is 9.09. The lowest BCUT2D eigenvalue weighted by Gasteiger charge is -2.04.